The van der Waals surface area contributed by atoms with E-state index in [0.29, 0.717) is 23.2 Å². The van der Waals surface area contributed by atoms with Gasteiger partial charge in [0.25, 0.3) is 0 Å². The maximum absolute atomic E-state index is 13.0. The molecule has 4 rings (SSSR count). The number of hydrogen-bond acceptors (Lipinski definition) is 4. The zero-order chi connectivity index (χ0) is 20.2. The number of hydrogen-bond donors (Lipinski definition) is 0. The number of anilines is 1. The summed E-state index contributed by atoms with van der Waals surface area (Å²) in [6.07, 6.45) is 8.24. The molecule has 2 aromatic rings. The average Bonchev–Trinajstić information content (AvgIpc) is 3.49. The zero-order valence-corrected chi connectivity index (χ0v) is 17.4. The fraction of sp³-hybridized carbons (Fsp3) is 0.500. The SMILES string of the molecule is Cn1cc(C(=O)CCCN2CCCC2)cc1C(=O)c1ccc(N2CCCC2)cc1. The maximum atomic E-state index is 13.0. The van der Waals surface area contributed by atoms with Crippen LogP contribution in [0.25, 0.3) is 0 Å². The second kappa shape index (κ2) is 8.95. The number of nitrogens with zero attached hydrogens (tertiary/aromatic N) is 3. The van der Waals surface area contributed by atoms with Crippen molar-refractivity contribution in [3.8, 4) is 0 Å². The largest absolute Gasteiger partial charge is 0.372 e. The van der Waals surface area contributed by atoms with E-state index in [2.05, 4.69) is 9.80 Å². The van der Waals surface area contributed by atoms with Crippen LogP contribution in [0.4, 0.5) is 5.69 Å². The van der Waals surface area contributed by atoms with Crippen LogP contribution in [-0.2, 0) is 7.05 Å². The Labute approximate surface area is 173 Å². The minimum Gasteiger partial charge on any atom is -0.372 e. The van der Waals surface area contributed by atoms with Crippen LogP contribution in [0.15, 0.2) is 36.5 Å². The van der Waals surface area contributed by atoms with E-state index in [9.17, 15) is 9.59 Å². The van der Waals surface area contributed by atoms with E-state index >= 15 is 0 Å². The molecule has 0 N–H and O–H groups in total. The van der Waals surface area contributed by atoms with Gasteiger partial charge in [0.1, 0.15) is 0 Å². The molecule has 2 aliphatic heterocycles. The summed E-state index contributed by atoms with van der Waals surface area (Å²) in [6.45, 7) is 5.50. The molecule has 0 spiro atoms. The molecule has 5 heteroatoms. The Bertz CT molecular complexity index is 857. The molecule has 0 radical (unpaired) electrons. The van der Waals surface area contributed by atoms with Gasteiger partial charge >= 0.3 is 0 Å². The monoisotopic (exact) mass is 393 g/mol. The molecule has 2 saturated heterocycles. The zero-order valence-electron chi connectivity index (χ0n) is 17.4. The molecule has 2 aliphatic rings. The predicted octanol–water partition coefficient (Wildman–Crippen LogP) is 3.92. The van der Waals surface area contributed by atoms with Gasteiger partial charge in [-0.05, 0) is 82.1 Å². The second-order valence-corrected chi connectivity index (χ2v) is 8.37. The summed E-state index contributed by atoms with van der Waals surface area (Å²) in [6, 6.07) is 9.63. The number of aromatic nitrogens is 1. The van der Waals surface area contributed by atoms with E-state index in [1.807, 2.05) is 31.3 Å². The molecule has 5 nitrogen and oxygen atoms in total. The van der Waals surface area contributed by atoms with Gasteiger partial charge in [-0.2, -0.15) is 0 Å². The summed E-state index contributed by atoms with van der Waals surface area (Å²) in [4.78, 5) is 30.3. The van der Waals surface area contributed by atoms with Crippen molar-refractivity contribution in [3.63, 3.8) is 0 Å². The molecule has 0 bridgehead atoms. The summed E-state index contributed by atoms with van der Waals surface area (Å²) < 4.78 is 1.78. The van der Waals surface area contributed by atoms with Crippen LogP contribution in [0.1, 0.15) is 64.9 Å². The number of carbonyl (C=O) groups excluding carboxylic acids is 2. The molecule has 0 aliphatic carbocycles. The summed E-state index contributed by atoms with van der Waals surface area (Å²) in [5.74, 6) is 0.0971. The van der Waals surface area contributed by atoms with Gasteiger partial charge in [-0.1, -0.05) is 0 Å². The van der Waals surface area contributed by atoms with Crippen LogP contribution in [0.3, 0.4) is 0 Å². The van der Waals surface area contributed by atoms with Gasteiger partial charge in [0.2, 0.25) is 5.78 Å². The van der Waals surface area contributed by atoms with Crippen LogP contribution < -0.4 is 4.90 Å². The molecule has 3 heterocycles. The van der Waals surface area contributed by atoms with Crippen LogP contribution >= 0.6 is 0 Å². The summed E-state index contributed by atoms with van der Waals surface area (Å²) in [5, 5.41) is 0. The molecule has 0 unspecified atom stereocenters. The quantitative estimate of drug-likeness (QED) is 0.638. The summed E-state index contributed by atoms with van der Waals surface area (Å²) >= 11 is 0. The number of ketones is 2. The Morgan fingerprint density at radius 2 is 1.55 bits per heavy atom. The van der Waals surface area contributed by atoms with E-state index in [1.165, 1.54) is 31.4 Å². The Morgan fingerprint density at radius 3 is 2.24 bits per heavy atom. The van der Waals surface area contributed by atoms with Crippen molar-refractivity contribution in [1.82, 2.24) is 9.47 Å². The predicted molar refractivity (Wildman–Crippen MR) is 116 cm³/mol. The molecular weight excluding hydrogens is 362 g/mol. The van der Waals surface area contributed by atoms with Crippen molar-refractivity contribution < 1.29 is 9.59 Å². The third-order valence-electron chi connectivity index (χ3n) is 6.24. The fourth-order valence-electron chi connectivity index (χ4n) is 4.50. The van der Waals surface area contributed by atoms with Crippen LogP contribution in [0.2, 0.25) is 0 Å². The van der Waals surface area contributed by atoms with Gasteiger partial charge in [-0.25, -0.2) is 0 Å². The van der Waals surface area contributed by atoms with E-state index in [4.69, 9.17) is 0 Å². The number of benzene rings is 1. The van der Waals surface area contributed by atoms with Crippen molar-refractivity contribution in [2.75, 3.05) is 37.6 Å². The number of aryl methyl sites for hydroxylation is 1. The van der Waals surface area contributed by atoms with Gasteiger partial charge in [0, 0.05) is 49.6 Å². The molecule has 154 valence electrons. The first kappa shape index (κ1) is 19.9. The minimum atomic E-state index is -0.0309. The van der Waals surface area contributed by atoms with Crippen molar-refractivity contribution in [3.05, 3.63) is 53.3 Å². The molecule has 0 saturated carbocycles. The first-order chi connectivity index (χ1) is 14.1. The molecule has 0 amide bonds. The highest BCUT2D eigenvalue weighted by molar-refractivity contribution is 6.09. The van der Waals surface area contributed by atoms with E-state index in [0.717, 1.165) is 39.1 Å². The highest BCUT2D eigenvalue weighted by Gasteiger charge is 2.19. The van der Waals surface area contributed by atoms with E-state index < -0.39 is 0 Å². The summed E-state index contributed by atoms with van der Waals surface area (Å²) in [5.41, 5.74) is 3.06. The Morgan fingerprint density at radius 1 is 0.897 bits per heavy atom. The first-order valence-electron chi connectivity index (χ1n) is 10.9. The number of Topliss-reactive ketones (excluding diaryl/α,β-unsaturated/α-hetero) is 1. The van der Waals surface area contributed by atoms with Crippen molar-refractivity contribution in [2.45, 2.75) is 38.5 Å². The highest BCUT2D eigenvalue weighted by atomic mass is 16.1. The number of rotatable bonds is 8. The van der Waals surface area contributed by atoms with Gasteiger partial charge in [-0.15, -0.1) is 0 Å². The molecule has 29 heavy (non-hydrogen) atoms. The van der Waals surface area contributed by atoms with Crippen LogP contribution in [-0.4, -0.2) is 53.8 Å². The van der Waals surface area contributed by atoms with Gasteiger partial charge < -0.3 is 14.4 Å². The number of likely N-dealkylation sites (tertiary alicyclic amines) is 1. The van der Waals surface area contributed by atoms with Crippen LogP contribution in [0.5, 0.6) is 0 Å². The maximum Gasteiger partial charge on any atom is 0.209 e. The third-order valence-corrected chi connectivity index (χ3v) is 6.24. The Balaban J connectivity index is 1.38. The lowest BCUT2D eigenvalue weighted by Gasteiger charge is -2.17. The van der Waals surface area contributed by atoms with Crippen LogP contribution in [0, 0.1) is 0 Å². The third kappa shape index (κ3) is 4.61. The van der Waals surface area contributed by atoms with Crippen molar-refractivity contribution in [1.29, 1.82) is 0 Å². The Kier molecular flexibility index (Phi) is 6.14. The standard InChI is InChI=1S/C24H31N3O2/c1-25-18-20(23(28)7-6-14-26-12-2-3-13-26)17-22(25)24(29)19-8-10-21(11-9-19)27-15-4-5-16-27/h8-11,17-18H,2-7,12-16H2,1H3. The lowest BCUT2D eigenvalue weighted by Crippen LogP contribution is -2.20. The lowest BCUT2D eigenvalue weighted by molar-refractivity contribution is 0.0975. The van der Waals surface area contributed by atoms with E-state index in [1.54, 1.807) is 16.8 Å². The number of carbonyl (C=O) groups is 2. The Hall–Kier alpha value is -2.40. The lowest BCUT2D eigenvalue weighted by atomic mass is 10.1. The normalized spacial score (nSPS) is 17.2. The summed E-state index contributed by atoms with van der Waals surface area (Å²) in [7, 11) is 1.84. The van der Waals surface area contributed by atoms with E-state index in [-0.39, 0.29) is 11.6 Å². The topological polar surface area (TPSA) is 45.6 Å². The first-order valence-corrected chi connectivity index (χ1v) is 10.9. The van der Waals surface area contributed by atoms with Crippen molar-refractivity contribution in [2.24, 2.45) is 7.05 Å². The second-order valence-electron chi connectivity index (χ2n) is 8.37. The molecule has 1 aromatic carbocycles. The van der Waals surface area contributed by atoms with Crippen molar-refractivity contribution >= 4 is 17.3 Å². The smallest absolute Gasteiger partial charge is 0.209 e. The highest BCUT2D eigenvalue weighted by Crippen LogP contribution is 2.22. The van der Waals surface area contributed by atoms with Gasteiger partial charge in [0.15, 0.2) is 5.78 Å². The molecule has 1 aromatic heterocycles. The minimum absolute atomic E-state index is 0.0309. The fourth-order valence-corrected chi connectivity index (χ4v) is 4.50. The van der Waals surface area contributed by atoms with Gasteiger partial charge in [0.05, 0.1) is 5.69 Å². The molecule has 0 atom stereocenters. The molecular formula is C24H31N3O2. The average molecular weight is 394 g/mol. The van der Waals surface area contributed by atoms with Gasteiger partial charge in [-0.3, -0.25) is 9.59 Å². The molecule has 2 fully saturated rings.